The largest absolute Gasteiger partial charge is 0.337 e. The van der Waals surface area contributed by atoms with Gasteiger partial charge in [-0.05, 0) is 49.0 Å². The molecule has 1 unspecified atom stereocenters. The van der Waals surface area contributed by atoms with Crippen LogP contribution in [0.5, 0.6) is 0 Å². The summed E-state index contributed by atoms with van der Waals surface area (Å²) in [5.41, 5.74) is 0.642. The zero-order valence-corrected chi connectivity index (χ0v) is 22.5. The predicted octanol–water partition coefficient (Wildman–Crippen LogP) is 3.13. The highest BCUT2D eigenvalue weighted by Crippen LogP contribution is 2.43. The van der Waals surface area contributed by atoms with Gasteiger partial charge < -0.3 is 5.32 Å². The van der Waals surface area contributed by atoms with Crippen LogP contribution in [0.1, 0.15) is 11.1 Å². The van der Waals surface area contributed by atoms with E-state index in [1.807, 2.05) is 0 Å². The van der Waals surface area contributed by atoms with Gasteiger partial charge in [0.05, 0.1) is 22.9 Å². The Morgan fingerprint density at radius 1 is 1.00 bits per heavy atom. The second kappa shape index (κ2) is 10.8. The van der Waals surface area contributed by atoms with E-state index >= 15 is 0 Å². The summed E-state index contributed by atoms with van der Waals surface area (Å²) in [7, 11) is -6.63. The number of nitrogens with zero attached hydrogens (tertiary/aromatic N) is 2. The molecule has 1 heterocycles. The van der Waals surface area contributed by atoms with Gasteiger partial charge in [-0.2, -0.15) is 5.10 Å². The zero-order valence-electron chi connectivity index (χ0n) is 20.1. The molecule has 0 fully saturated rings. The number of rotatable bonds is 8. The Morgan fingerprint density at radius 2 is 1.63 bits per heavy atom. The Balaban J connectivity index is 1.86. The van der Waals surface area contributed by atoms with Crippen LogP contribution < -0.4 is 10.0 Å². The van der Waals surface area contributed by atoms with Gasteiger partial charge in [0.1, 0.15) is 5.82 Å². The molecule has 13 heteroatoms. The van der Waals surface area contributed by atoms with Crippen molar-refractivity contribution in [1.82, 2.24) is 15.0 Å². The van der Waals surface area contributed by atoms with Crippen LogP contribution in [-0.4, -0.2) is 59.5 Å². The van der Waals surface area contributed by atoms with Crippen molar-refractivity contribution in [3.63, 3.8) is 0 Å². The molecule has 3 aromatic carbocycles. The van der Waals surface area contributed by atoms with E-state index in [2.05, 4.69) is 15.1 Å². The lowest BCUT2D eigenvalue weighted by atomic mass is 9.89. The lowest BCUT2D eigenvalue weighted by Gasteiger charge is -2.31. The highest BCUT2D eigenvalue weighted by Gasteiger charge is 2.56. The minimum Gasteiger partial charge on any atom is -0.335 e. The Labute approximate surface area is 225 Å². The van der Waals surface area contributed by atoms with Crippen molar-refractivity contribution in [2.24, 2.45) is 5.10 Å². The van der Waals surface area contributed by atoms with Crippen LogP contribution in [-0.2, 0) is 24.6 Å². The van der Waals surface area contributed by atoms with Crippen molar-refractivity contribution in [2.75, 3.05) is 25.9 Å². The number of carbonyl (C=O) groups excluding carboxylic acids is 1. The van der Waals surface area contributed by atoms with Gasteiger partial charge in [-0.25, -0.2) is 35.8 Å². The molecule has 0 radical (unpaired) electrons. The molecule has 0 saturated heterocycles. The normalized spacial score (nSPS) is 17.8. The van der Waals surface area contributed by atoms with Crippen LogP contribution in [0.25, 0.3) is 0 Å². The maximum atomic E-state index is 14.4. The molecular weight excluding hydrogens is 555 g/mol. The number of nitrogens with one attached hydrogen (secondary N) is 2. The summed E-state index contributed by atoms with van der Waals surface area (Å²) in [4.78, 5) is 13.0. The third-order valence-electron chi connectivity index (χ3n) is 6.11. The summed E-state index contributed by atoms with van der Waals surface area (Å²) in [6.07, 6.45) is 0. The van der Waals surface area contributed by atoms with Crippen molar-refractivity contribution in [3.8, 4) is 0 Å². The number of hydrogen-bond donors (Lipinski definition) is 2. The second-order valence-electron chi connectivity index (χ2n) is 8.42. The number of amides is 2. The summed E-state index contributed by atoms with van der Waals surface area (Å²) in [5.74, 6) is -0.914. The van der Waals surface area contributed by atoms with Crippen molar-refractivity contribution < 1.29 is 26.0 Å². The van der Waals surface area contributed by atoms with Crippen LogP contribution in [0, 0.1) is 5.82 Å². The number of halogens is 2. The van der Waals surface area contributed by atoms with E-state index in [1.54, 1.807) is 30.3 Å². The first kappa shape index (κ1) is 27.7. The fraction of sp³-hybridized carbons (Fsp3) is 0.200. The van der Waals surface area contributed by atoms with Gasteiger partial charge in [0.2, 0.25) is 10.0 Å². The van der Waals surface area contributed by atoms with Crippen LogP contribution in [0.3, 0.4) is 0 Å². The summed E-state index contributed by atoms with van der Waals surface area (Å²) < 4.78 is 66.4. The number of sulfonamides is 1. The van der Waals surface area contributed by atoms with Crippen LogP contribution in [0.4, 0.5) is 9.18 Å². The maximum Gasteiger partial charge on any atom is 0.337 e. The van der Waals surface area contributed by atoms with Crippen LogP contribution in [0.15, 0.2) is 88.9 Å². The highest BCUT2D eigenvalue weighted by atomic mass is 35.5. The van der Waals surface area contributed by atoms with Gasteiger partial charge in [-0.1, -0.05) is 54.1 Å². The number of sulfone groups is 1. The lowest BCUT2D eigenvalue weighted by molar-refractivity contribution is 0.203. The van der Waals surface area contributed by atoms with E-state index in [0.717, 1.165) is 5.01 Å². The van der Waals surface area contributed by atoms with Crippen LogP contribution in [0.2, 0.25) is 5.02 Å². The fourth-order valence-electron chi connectivity index (χ4n) is 4.14. The molecule has 38 heavy (non-hydrogen) atoms. The first-order valence-electron chi connectivity index (χ1n) is 11.4. The molecule has 4 rings (SSSR count). The zero-order chi connectivity index (χ0) is 27.6. The SMILES string of the molecule is CNS(=O)(=O)CCNC(=O)N1CC(c2ccccc2)(S(=O)(=O)c2ccc(Cl)cc2)C(c2ccc(F)cc2)=N1. The molecule has 1 aliphatic rings. The summed E-state index contributed by atoms with van der Waals surface area (Å²) in [6, 6.07) is 18.3. The average molecular weight is 579 g/mol. The van der Waals surface area contributed by atoms with Crippen molar-refractivity contribution >= 4 is 43.2 Å². The van der Waals surface area contributed by atoms with E-state index in [0.29, 0.717) is 16.1 Å². The molecule has 0 aliphatic carbocycles. The molecule has 0 saturated carbocycles. The molecule has 2 amide bonds. The third kappa shape index (κ3) is 5.30. The minimum absolute atomic E-state index is 0.0108. The van der Waals surface area contributed by atoms with Crippen molar-refractivity contribution in [1.29, 1.82) is 0 Å². The minimum atomic E-state index is -4.30. The fourth-order valence-corrected chi connectivity index (χ4v) is 6.89. The van der Waals surface area contributed by atoms with Gasteiger partial charge in [0, 0.05) is 17.1 Å². The lowest BCUT2D eigenvalue weighted by Crippen LogP contribution is -2.48. The van der Waals surface area contributed by atoms with E-state index < -0.39 is 43.0 Å². The second-order valence-corrected chi connectivity index (χ2v) is 13.1. The van der Waals surface area contributed by atoms with Gasteiger partial charge in [-0.3, -0.25) is 0 Å². The highest BCUT2D eigenvalue weighted by molar-refractivity contribution is 7.93. The number of urea groups is 1. The number of carbonyl (C=O) groups is 1. The molecule has 9 nitrogen and oxygen atoms in total. The van der Waals surface area contributed by atoms with Crippen molar-refractivity contribution in [3.05, 3.63) is 101 Å². The van der Waals surface area contributed by atoms with Crippen LogP contribution >= 0.6 is 11.6 Å². The van der Waals surface area contributed by atoms with Gasteiger partial charge >= 0.3 is 6.03 Å². The molecule has 0 spiro atoms. The Bertz CT molecular complexity index is 1570. The van der Waals surface area contributed by atoms with Gasteiger partial charge in [-0.15, -0.1) is 0 Å². The number of hydrazone groups is 1. The Hall–Kier alpha value is -3.32. The van der Waals surface area contributed by atoms with E-state index in [4.69, 9.17) is 11.6 Å². The standard InChI is InChI=1S/C25H24ClFN4O5S2/c1-28-37(33,34)16-15-29-24(32)31-17-25(19-5-3-2-4-6-19,23(30-31)18-7-11-21(27)12-8-18)38(35,36)22-13-9-20(26)10-14-22/h2-14,28H,15-17H2,1H3,(H,29,32). The molecule has 0 aromatic heterocycles. The van der Waals surface area contributed by atoms with E-state index in [9.17, 15) is 26.0 Å². The first-order valence-corrected chi connectivity index (χ1v) is 14.9. The molecule has 1 aliphatic heterocycles. The Kier molecular flexibility index (Phi) is 7.88. The molecule has 0 bridgehead atoms. The summed E-state index contributed by atoms with van der Waals surface area (Å²) >= 11 is 6.01. The summed E-state index contributed by atoms with van der Waals surface area (Å²) in [5, 5.41) is 8.17. The summed E-state index contributed by atoms with van der Waals surface area (Å²) in [6.45, 7) is -0.651. The first-order chi connectivity index (χ1) is 18.0. The number of hydrogen-bond acceptors (Lipinski definition) is 6. The van der Waals surface area contributed by atoms with Crippen molar-refractivity contribution in [2.45, 2.75) is 9.64 Å². The van der Waals surface area contributed by atoms with E-state index in [1.165, 1.54) is 55.6 Å². The molecule has 3 aromatic rings. The Morgan fingerprint density at radius 3 is 2.24 bits per heavy atom. The quantitative estimate of drug-likeness (QED) is 0.425. The molecule has 200 valence electrons. The maximum absolute atomic E-state index is 14.4. The predicted molar refractivity (Wildman–Crippen MR) is 143 cm³/mol. The monoisotopic (exact) mass is 578 g/mol. The smallest absolute Gasteiger partial charge is 0.335 e. The molecule has 2 N–H and O–H groups in total. The number of benzene rings is 3. The van der Waals surface area contributed by atoms with Gasteiger partial charge in [0.15, 0.2) is 14.6 Å². The molecular formula is C25H24ClFN4O5S2. The van der Waals surface area contributed by atoms with E-state index in [-0.39, 0.29) is 22.9 Å². The third-order valence-corrected chi connectivity index (χ3v) is 10.1. The topological polar surface area (TPSA) is 125 Å². The average Bonchev–Trinajstić information content (AvgIpc) is 3.32. The molecule has 1 atom stereocenters. The van der Waals surface area contributed by atoms with Gasteiger partial charge in [0.25, 0.3) is 0 Å².